The van der Waals surface area contributed by atoms with Gasteiger partial charge in [-0.15, -0.1) is 0 Å². The predicted octanol–water partition coefficient (Wildman–Crippen LogP) is 4.54. The summed E-state index contributed by atoms with van der Waals surface area (Å²) in [5, 5.41) is 0.559. The van der Waals surface area contributed by atoms with Crippen LogP contribution in [0.15, 0.2) is 71.9 Å². The highest BCUT2D eigenvalue weighted by atomic mass is 32.1. The molecule has 0 aliphatic rings. The van der Waals surface area contributed by atoms with Crippen LogP contribution >= 0.6 is 11.3 Å². The smallest absolute Gasteiger partial charge is 0.230 e. The first-order valence-corrected chi connectivity index (χ1v) is 8.71. The summed E-state index contributed by atoms with van der Waals surface area (Å²) >= 11 is 1.42. The molecule has 0 fully saturated rings. The zero-order valence-electron chi connectivity index (χ0n) is 13.9. The molecule has 4 heterocycles. The molecule has 0 saturated heterocycles. The second kappa shape index (κ2) is 6.89. The zero-order valence-corrected chi connectivity index (χ0v) is 14.7. The van der Waals surface area contributed by atoms with Gasteiger partial charge in [0.15, 0.2) is 10.9 Å². The summed E-state index contributed by atoms with van der Waals surface area (Å²) < 4.78 is 5.55. The van der Waals surface area contributed by atoms with Crippen molar-refractivity contribution in [3.63, 3.8) is 0 Å². The Morgan fingerprint density at radius 2 is 1.92 bits per heavy atom. The predicted molar refractivity (Wildman–Crippen MR) is 100 cm³/mol. The highest BCUT2D eigenvalue weighted by Gasteiger charge is 2.23. The number of pyridine rings is 2. The molecule has 0 unspecified atom stereocenters. The van der Waals surface area contributed by atoms with Crippen LogP contribution in [-0.2, 0) is 4.79 Å². The number of hydrogen-bond acceptors (Lipinski definition) is 6. The van der Waals surface area contributed by atoms with Crippen LogP contribution in [-0.4, -0.2) is 20.9 Å². The Labute approximate surface area is 153 Å². The minimum atomic E-state index is -0.140. The van der Waals surface area contributed by atoms with E-state index in [-0.39, 0.29) is 5.91 Å². The van der Waals surface area contributed by atoms with Gasteiger partial charge in [0.25, 0.3) is 0 Å². The molecule has 4 aromatic heterocycles. The van der Waals surface area contributed by atoms with Crippen LogP contribution in [0.5, 0.6) is 0 Å². The second-order valence-corrected chi connectivity index (χ2v) is 6.43. The third kappa shape index (κ3) is 3.00. The van der Waals surface area contributed by atoms with Crippen molar-refractivity contribution in [1.82, 2.24) is 15.0 Å². The van der Waals surface area contributed by atoms with Crippen molar-refractivity contribution < 1.29 is 9.21 Å². The van der Waals surface area contributed by atoms with E-state index in [0.717, 1.165) is 10.4 Å². The van der Waals surface area contributed by atoms with Crippen LogP contribution in [0.25, 0.3) is 21.9 Å². The van der Waals surface area contributed by atoms with Crippen molar-refractivity contribution in [3.8, 4) is 21.9 Å². The highest BCUT2D eigenvalue weighted by Crippen LogP contribution is 2.42. The summed E-state index contributed by atoms with van der Waals surface area (Å²) in [7, 11) is 0. The van der Waals surface area contributed by atoms with Crippen LogP contribution in [0.4, 0.5) is 10.8 Å². The molecule has 0 N–H and O–H groups in total. The van der Waals surface area contributed by atoms with Gasteiger partial charge < -0.3 is 4.42 Å². The largest absolute Gasteiger partial charge is 0.463 e. The second-order valence-electron chi connectivity index (χ2n) is 5.45. The fraction of sp³-hybridized carbons (Fsp3) is 0.0526. The number of amides is 1. The Morgan fingerprint density at radius 1 is 1.08 bits per heavy atom. The number of thiazole rings is 1. The van der Waals surface area contributed by atoms with Gasteiger partial charge in [-0.25, -0.2) is 4.98 Å². The maximum Gasteiger partial charge on any atom is 0.230 e. The van der Waals surface area contributed by atoms with E-state index in [1.54, 1.807) is 42.0 Å². The van der Waals surface area contributed by atoms with Gasteiger partial charge in [0.05, 0.1) is 23.0 Å². The summed E-state index contributed by atoms with van der Waals surface area (Å²) in [5.41, 5.74) is 2.32. The lowest BCUT2D eigenvalue weighted by molar-refractivity contribution is -0.115. The monoisotopic (exact) mass is 362 g/mol. The Kier molecular flexibility index (Phi) is 4.28. The molecule has 0 bridgehead atoms. The van der Waals surface area contributed by atoms with Gasteiger partial charge in [-0.2, -0.15) is 0 Å². The topological polar surface area (TPSA) is 72.1 Å². The fourth-order valence-electron chi connectivity index (χ4n) is 2.60. The number of furan rings is 1. The zero-order chi connectivity index (χ0) is 17.9. The molecule has 1 amide bonds. The molecule has 7 heteroatoms. The van der Waals surface area contributed by atoms with Gasteiger partial charge in [-0.05, 0) is 42.0 Å². The first-order valence-electron chi connectivity index (χ1n) is 7.90. The molecule has 0 spiro atoms. The van der Waals surface area contributed by atoms with Gasteiger partial charge in [-0.3, -0.25) is 19.7 Å². The lowest BCUT2D eigenvalue weighted by Gasteiger charge is -2.17. The van der Waals surface area contributed by atoms with Crippen molar-refractivity contribution in [2.45, 2.75) is 6.92 Å². The molecule has 0 aromatic carbocycles. The van der Waals surface area contributed by atoms with Crippen LogP contribution in [0.1, 0.15) is 6.92 Å². The van der Waals surface area contributed by atoms with E-state index in [0.29, 0.717) is 22.3 Å². The maximum atomic E-state index is 12.3. The molecule has 0 atom stereocenters. The summed E-state index contributed by atoms with van der Waals surface area (Å²) in [6.07, 6.45) is 8.37. The van der Waals surface area contributed by atoms with E-state index in [4.69, 9.17) is 9.40 Å². The van der Waals surface area contributed by atoms with Crippen LogP contribution in [0.2, 0.25) is 0 Å². The van der Waals surface area contributed by atoms with Crippen molar-refractivity contribution in [3.05, 3.63) is 67.4 Å². The lowest BCUT2D eigenvalue weighted by Crippen LogP contribution is -2.22. The van der Waals surface area contributed by atoms with Gasteiger partial charge in [-0.1, -0.05) is 11.3 Å². The van der Waals surface area contributed by atoms with E-state index in [2.05, 4.69) is 9.97 Å². The number of carbonyl (C=O) groups excluding carboxylic acids is 1. The van der Waals surface area contributed by atoms with Gasteiger partial charge >= 0.3 is 0 Å². The number of carbonyl (C=O) groups is 1. The summed E-state index contributed by atoms with van der Waals surface area (Å²) in [6, 6.07) is 11.1. The number of rotatable bonds is 4. The van der Waals surface area contributed by atoms with E-state index >= 15 is 0 Å². The standard InChI is InChI=1S/C19H14N4O2S/c1-13(24)23(15-4-2-8-21-12-15)19-22-17(16-5-3-11-25-16)18(26-19)14-6-9-20-10-7-14/h2-12H,1H3. The van der Waals surface area contributed by atoms with Gasteiger partial charge in [0.1, 0.15) is 5.69 Å². The Bertz CT molecular complexity index is 1010. The molecule has 6 nitrogen and oxygen atoms in total. The molecule has 0 aliphatic heterocycles. The third-order valence-electron chi connectivity index (χ3n) is 3.72. The van der Waals surface area contributed by atoms with Crippen LogP contribution < -0.4 is 4.90 Å². The first kappa shape index (κ1) is 16.2. The average molecular weight is 362 g/mol. The average Bonchev–Trinajstić information content (AvgIpc) is 3.33. The van der Waals surface area contributed by atoms with Crippen molar-refractivity contribution in [2.24, 2.45) is 0 Å². The van der Waals surface area contributed by atoms with Gasteiger partial charge in [0, 0.05) is 25.5 Å². The first-order chi connectivity index (χ1) is 12.7. The molecule has 0 radical (unpaired) electrons. The number of hydrogen-bond donors (Lipinski definition) is 0. The van der Waals surface area contributed by atoms with E-state index in [9.17, 15) is 4.79 Å². The molecule has 0 aliphatic carbocycles. The molecule has 128 valence electrons. The van der Waals surface area contributed by atoms with E-state index < -0.39 is 0 Å². The molecule has 4 rings (SSSR count). The van der Waals surface area contributed by atoms with E-state index in [1.807, 2.05) is 30.3 Å². The fourth-order valence-corrected chi connectivity index (χ4v) is 3.74. The molecular weight excluding hydrogens is 348 g/mol. The lowest BCUT2D eigenvalue weighted by atomic mass is 10.2. The maximum absolute atomic E-state index is 12.3. The van der Waals surface area contributed by atoms with Crippen molar-refractivity contribution >= 4 is 28.1 Å². The Morgan fingerprint density at radius 3 is 2.58 bits per heavy atom. The minimum absolute atomic E-state index is 0.140. The minimum Gasteiger partial charge on any atom is -0.463 e. The molecule has 26 heavy (non-hydrogen) atoms. The normalized spacial score (nSPS) is 10.7. The summed E-state index contributed by atoms with van der Waals surface area (Å²) in [4.78, 5) is 27.7. The summed E-state index contributed by atoms with van der Waals surface area (Å²) in [5.74, 6) is 0.507. The molecular formula is C19H14N4O2S. The quantitative estimate of drug-likeness (QED) is 0.533. The number of nitrogens with zero attached hydrogens (tertiary/aromatic N) is 4. The van der Waals surface area contributed by atoms with Crippen molar-refractivity contribution in [1.29, 1.82) is 0 Å². The summed E-state index contributed by atoms with van der Waals surface area (Å²) in [6.45, 7) is 1.51. The molecule has 4 aromatic rings. The number of anilines is 2. The van der Waals surface area contributed by atoms with E-state index in [1.165, 1.54) is 18.3 Å². The number of aromatic nitrogens is 3. The Hall–Kier alpha value is -3.32. The third-order valence-corrected chi connectivity index (χ3v) is 4.81. The SMILES string of the molecule is CC(=O)N(c1cccnc1)c1nc(-c2ccco2)c(-c2ccncc2)s1. The Balaban J connectivity index is 1.89. The van der Waals surface area contributed by atoms with Crippen molar-refractivity contribution in [2.75, 3.05) is 4.90 Å². The molecule has 0 saturated carbocycles. The van der Waals surface area contributed by atoms with Gasteiger partial charge in [0.2, 0.25) is 5.91 Å². The van der Waals surface area contributed by atoms with Crippen LogP contribution in [0.3, 0.4) is 0 Å². The van der Waals surface area contributed by atoms with Crippen LogP contribution in [0, 0.1) is 0 Å². The highest BCUT2D eigenvalue weighted by molar-refractivity contribution is 7.19.